The zero-order valence-corrected chi connectivity index (χ0v) is 12.2. The number of nitrogens with zero attached hydrogens (tertiary/aromatic N) is 2. The Kier molecular flexibility index (Phi) is 4.43. The van der Waals surface area contributed by atoms with Crippen LogP contribution in [0.4, 0.5) is 5.69 Å². The van der Waals surface area contributed by atoms with Crippen molar-refractivity contribution in [2.45, 2.75) is 13.8 Å². The zero-order valence-electron chi connectivity index (χ0n) is 11.4. The quantitative estimate of drug-likeness (QED) is 0.690. The molecule has 0 amide bonds. The fourth-order valence-corrected chi connectivity index (χ4v) is 3.30. The van der Waals surface area contributed by atoms with E-state index in [2.05, 4.69) is 25.1 Å². The molecule has 0 aliphatic carbocycles. The fraction of sp³-hybridized carbons (Fsp3) is 0.727. The van der Waals surface area contributed by atoms with Crippen molar-refractivity contribution in [2.24, 2.45) is 0 Å². The first-order chi connectivity index (χ1) is 8.98. The standard InChI is InChI=1S/C11H21N5O2S/c1-9-11(10(2)14-13-9)15-19(17,18)8-7-16-5-3-12-4-6-16/h12,15H,3-8H2,1-2H3,(H,13,14). The van der Waals surface area contributed by atoms with Crippen molar-refractivity contribution in [1.82, 2.24) is 20.4 Å². The first-order valence-electron chi connectivity index (χ1n) is 6.43. The number of sulfonamides is 1. The summed E-state index contributed by atoms with van der Waals surface area (Å²) in [5.41, 5.74) is 1.98. The highest BCUT2D eigenvalue weighted by Gasteiger charge is 2.18. The summed E-state index contributed by atoms with van der Waals surface area (Å²) >= 11 is 0. The topological polar surface area (TPSA) is 90.1 Å². The molecule has 7 nitrogen and oxygen atoms in total. The number of aromatic amines is 1. The van der Waals surface area contributed by atoms with Gasteiger partial charge in [0.2, 0.25) is 10.0 Å². The van der Waals surface area contributed by atoms with Crippen molar-refractivity contribution >= 4 is 15.7 Å². The Bertz CT molecular complexity index is 500. The molecule has 1 aliphatic heterocycles. The summed E-state index contributed by atoms with van der Waals surface area (Å²) in [6.07, 6.45) is 0. The highest BCUT2D eigenvalue weighted by molar-refractivity contribution is 7.92. The monoisotopic (exact) mass is 287 g/mol. The number of nitrogens with one attached hydrogen (secondary N) is 3. The molecule has 1 aromatic rings. The van der Waals surface area contributed by atoms with Gasteiger partial charge in [-0.25, -0.2) is 8.42 Å². The molecule has 108 valence electrons. The number of H-pyrrole nitrogens is 1. The second-order valence-electron chi connectivity index (χ2n) is 4.82. The van der Waals surface area contributed by atoms with Crippen LogP contribution in [0.1, 0.15) is 11.4 Å². The minimum Gasteiger partial charge on any atom is -0.314 e. The molecule has 0 saturated carbocycles. The van der Waals surface area contributed by atoms with E-state index < -0.39 is 10.0 Å². The number of aromatic nitrogens is 2. The maximum Gasteiger partial charge on any atom is 0.234 e. The minimum atomic E-state index is -3.32. The van der Waals surface area contributed by atoms with Crippen molar-refractivity contribution in [1.29, 1.82) is 0 Å². The van der Waals surface area contributed by atoms with Gasteiger partial charge in [0.1, 0.15) is 0 Å². The molecule has 1 aliphatic rings. The number of hydrogen-bond acceptors (Lipinski definition) is 5. The molecular formula is C11H21N5O2S. The highest BCUT2D eigenvalue weighted by atomic mass is 32.2. The zero-order chi connectivity index (χ0) is 13.9. The summed E-state index contributed by atoms with van der Waals surface area (Å²) in [6, 6.07) is 0. The van der Waals surface area contributed by atoms with Crippen LogP contribution in [0.2, 0.25) is 0 Å². The van der Waals surface area contributed by atoms with Gasteiger partial charge in [0.25, 0.3) is 0 Å². The third-order valence-corrected chi connectivity index (χ3v) is 4.51. The number of hydrogen-bond donors (Lipinski definition) is 3. The SMILES string of the molecule is Cc1n[nH]c(C)c1NS(=O)(=O)CCN1CCNCC1. The second kappa shape index (κ2) is 5.89. The molecule has 1 aromatic heterocycles. The van der Waals surface area contributed by atoms with Crippen LogP contribution in [-0.4, -0.2) is 62.0 Å². The number of rotatable bonds is 5. The van der Waals surface area contributed by atoms with Gasteiger partial charge in [0.15, 0.2) is 0 Å². The van der Waals surface area contributed by atoms with Crippen molar-refractivity contribution in [2.75, 3.05) is 43.2 Å². The Morgan fingerprint density at radius 1 is 1.32 bits per heavy atom. The predicted octanol–water partition coefficient (Wildman–Crippen LogP) is -0.327. The summed E-state index contributed by atoms with van der Waals surface area (Å²) < 4.78 is 26.7. The molecule has 0 bridgehead atoms. The Morgan fingerprint density at radius 3 is 2.58 bits per heavy atom. The van der Waals surface area contributed by atoms with Gasteiger partial charge in [-0.15, -0.1) is 0 Å². The number of aryl methyl sites for hydroxylation is 2. The van der Waals surface area contributed by atoms with E-state index >= 15 is 0 Å². The largest absolute Gasteiger partial charge is 0.314 e. The lowest BCUT2D eigenvalue weighted by atomic mass is 10.3. The number of piperazine rings is 1. The second-order valence-corrected chi connectivity index (χ2v) is 6.66. The summed E-state index contributed by atoms with van der Waals surface area (Å²) in [4.78, 5) is 2.16. The van der Waals surface area contributed by atoms with Crippen LogP contribution < -0.4 is 10.0 Å². The lowest BCUT2D eigenvalue weighted by Gasteiger charge is -2.26. The van der Waals surface area contributed by atoms with E-state index in [1.807, 2.05) is 0 Å². The molecule has 0 atom stereocenters. The lowest BCUT2D eigenvalue weighted by Crippen LogP contribution is -2.45. The van der Waals surface area contributed by atoms with E-state index in [0.717, 1.165) is 31.9 Å². The summed E-state index contributed by atoms with van der Waals surface area (Å²) in [7, 11) is -3.32. The molecule has 1 fully saturated rings. The smallest absolute Gasteiger partial charge is 0.234 e. The maximum absolute atomic E-state index is 12.0. The van der Waals surface area contributed by atoms with Crippen LogP contribution >= 0.6 is 0 Å². The van der Waals surface area contributed by atoms with Crippen molar-refractivity contribution < 1.29 is 8.42 Å². The fourth-order valence-electron chi connectivity index (χ4n) is 2.09. The molecule has 2 heterocycles. The molecule has 2 rings (SSSR count). The van der Waals surface area contributed by atoms with Crippen molar-refractivity contribution in [3.05, 3.63) is 11.4 Å². The normalized spacial score (nSPS) is 17.6. The molecule has 0 radical (unpaired) electrons. The van der Waals surface area contributed by atoms with Crippen LogP contribution in [0.25, 0.3) is 0 Å². The van der Waals surface area contributed by atoms with Gasteiger partial charge in [-0.2, -0.15) is 5.10 Å². The lowest BCUT2D eigenvalue weighted by molar-refractivity contribution is 0.254. The number of anilines is 1. The molecule has 19 heavy (non-hydrogen) atoms. The van der Waals surface area contributed by atoms with Gasteiger partial charge in [0, 0.05) is 32.7 Å². The van der Waals surface area contributed by atoms with Gasteiger partial charge in [-0.05, 0) is 13.8 Å². The molecule has 0 spiro atoms. The Morgan fingerprint density at radius 2 is 2.00 bits per heavy atom. The van der Waals surface area contributed by atoms with Crippen molar-refractivity contribution in [3.8, 4) is 0 Å². The average molecular weight is 287 g/mol. The van der Waals surface area contributed by atoms with Gasteiger partial charge >= 0.3 is 0 Å². The maximum atomic E-state index is 12.0. The van der Waals surface area contributed by atoms with E-state index in [1.54, 1.807) is 13.8 Å². The Balaban J connectivity index is 1.91. The Hall–Kier alpha value is -1.12. The van der Waals surface area contributed by atoms with E-state index in [9.17, 15) is 8.42 Å². The molecule has 0 aromatic carbocycles. The van der Waals surface area contributed by atoms with Gasteiger partial charge < -0.3 is 5.32 Å². The molecular weight excluding hydrogens is 266 g/mol. The average Bonchev–Trinajstić information content (AvgIpc) is 2.69. The molecule has 0 unspecified atom stereocenters. The van der Waals surface area contributed by atoms with Crippen LogP contribution in [0.15, 0.2) is 0 Å². The van der Waals surface area contributed by atoms with E-state index in [0.29, 0.717) is 17.9 Å². The third-order valence-electron chi connectivity index (χ3n) is 3.27. The van der Waals surface area contributed by atoms with Crippen LogP contribution in [-0.2, 0) is 10.0 Å². The van der Waals surface area contributed by atoms with E-state index in [1.165, 1.54) is 0 Å². The first kappa shape index (κ1) is 14.3. The first-order valence-corrected chi connectivity index (χ1v) is 8.08. The molecule has 3 N–H and O–H groups in total. The van der Waals surface area contributed by atoms with Gasteiger partial charge in [0.05, 0.1) is 22.8 Å². The van der Waals surface area contributed by atoms with E-state index in [4.69, 9.17) is 0 Å². The highest BCUT2D eigenvalue weighted by Crippen LogP contribution is 2.17. The Labute approximate surface area is 113 Å². The summed E-state index contributed by atoms with van der Waals surface area (Å²) in [6.45, 7) is 7.79. The van der Waals surface area contributed by atoms with Crippen LogP contribution in [0, 0.1) is 13.8 Å². The summed E-state index contributed by atoms with van der Waals surface area (Å²) in [5.74, 6) is 0.108. The van der Waals surface area contributed by atoms with E-state index in [-0.39, 0.29) is 5.75 Å². The van der Waals surface area contributed by atoms with Crippen LogP contribution in [0.5, 0.6) is 0 Å². The predicted molar refractivity (Wildman–Crippen MR) is 74.8 cm³/mol. The minimum absolute atomic E-state index is 0.108. The molecule has 1 saturated heterocycles. The van der Waals surface area contributed by atoms with Gasteiger partial charge in [-0.1, -0.05) is 0 Å². The third kappa shape index (κ3) is 3.92. The molecule has 8 heteroatoms. The van der Waals surface area contributed by atoms with Crippen LogP contribution in [0.3, 0.4) is 0 Å². The van der Waals surface area contributed by atoms with Crippen molar-refractivity contribution in [3.63, 3.8) is 0 Å². The summed E-state index contributed by atoms with van der Waals surface area (Å²) in [5, 5.41) is 9.99. The van der Waals surface area contributed by atoms with Gasteiger partial charge in [-0.3, -0.25) is 14.7 Å².